The van der Waals surface area contributed by atoms with Crippen molar-refractivity contribution in [2.24, 2.45) is 0 Å². The molecule has 0 unspecified atom stereocenters. The molecule has 0 spiro atoms. The van der Waals surface area contributed by atoms with Crippen LogP contribution in [0.15, 0.2) is 12.4 Å². The Morgan fingerprint density at radius 1 is 1.48 bits per heavy atom. The van der Waals surface area contributed by atoms with E-state index in [9.17, 15) is 10.1 Å². The number of fused-ring (bicyclic) bond motifs is 2. The van der Waals surface area contributed by atoms with E-state index in [-0.39, 0.29) is 5.91 Å². The lowest BCUT2D eigenvalue weighted by atomic mass is 10.1. The van der Waals surface area contributed by atoms with Gasteiger partial charge in [0.25, 0.3) is 11.7 Å². The molecule has 0 aromatic carbocycles. The average Bonchev–Trinajstić information content (AvgIpc) is 3.21. The molecule has 4 rings (SSSR count). The number of nitriles is 1. The summed E-state index contributed by atoms with van der Waals surface area (Å²) in [6, 6.07) is 3.88. The van der Waals surface area contributed by atoms with Crippen molar-refractivity contribution in [2.45, 2.75) is 26.2 Å². The Bertz CT molecular complexity index is 980. The van der Waals surface area contributed by atoms with Crippen molar-refractivity contribution < 1.29 is 4.79 Å². The number of anilines is 1. The van der Waals surface area contributed by atoms with Crippen LogP contribution in [0.3, 0.4) is 0 Å². The molecule has 1 aliphatic carbocycles. The molecule has 1 aliphatic rings. The predicted molar refractivity (Wildman–Crippen MR) is 84.5 cm³/mol. The fraction of sp³-hybridized carbons (Fsp3) is 0.267. The van der Waals surface area contributed by atoms with E-state index in [0.29, 0.717) is 27.7 Å². The van der Waals surface area contributed by atoms with E-state index in [0.717, 1.165) is 24.8 Å². The highest BCUT2D eigenvalue weighted by Gasteiger charge is 2.24. The van der Waals surface area contributed by atoms with Gasteiger partial charge in [-0.2, -0.15) is 19.9 Å². The second kappa shape index (κ2) is 5.14. The number of hydrogen-bond donors (Lipinski definition) is 1. The summed E-state index contributed by atoms with van der Waals surface area (Å²) in [5, 5.41) is 16.9. The Labute approximate surface area is 135 Å². The van der Waals surface area contributed by atoms with Crippen molar-refractivity contribution in [1.29, 1.82) is 5.26 Å². The molecule has 3 aromatic heterocycles. The molecule has 23 heavy (non-hydrogen) atoms. The van der Waals surface area contributed by atoms with Crippen molar-refractivity contribution in [3.05, 3.63) is 39.8 Å². The monoisotopic (exact) mass is 324 g/mol. The quantitative estimate of drug-likeness (QED) is 0.779. The van der Waals surface area contributed by atoms with Crippen LogP contribution in [0.1, 0.15) is 38.6 Å². The minimum Gasteiger partial charge on any atom is -0.311 e. The standard InChI is InChI=1S/C15H12N6OS/c1-8-5-11(21-15(19-8)17-7-18-21)13(22)20-14-10(6-16)9-3-2-4-12(9)23-14/h5,7H,2-4H2,1H3,(H,20,22). The molecule has 0 bridgehead atoms. The highest BCUT2D eigenvalue weighted by atomic mass is 32.1. The maximum Gasteiger partial charge on any atom is 0.275 e. The maximum absolute atomic E-state index is 12.6. The zero-order valence-electron chi connectivity index (χ0n) is 12.3. The van der Waals surface area contributed by atoms with Gasteiger partial charge < -0.3 is 5.32 Å². The molecule has 0 fully saturated rings. The first kappa shape index (κ1) is 13.8. The Morgan fingerprint density at radius 3 is 3.17 bits per heavy atom. The van der Waals surface area contributed by atoms with Gasteiger partial charge in [-0.15, -0.1) is 11.3 Å². The van der Waals surface area contributed by atoms with Crippen LogP contribution < -0.4 is 5.32 Å². The van der Waals surface area contributed by atoms with Crippen LogP contribution in [0.2, 0.25) is 0 Å². The Morgan fingerprint density at radius 2 is 2.35 bits per heavy atom. The second-order valence-electron chi connectivity index (χ2n) is 5.38. The van der Waals surface area contributed by atoms with E-state index in [1.54, 1.807) is 13.0 Å². The second-order valence-corrected chi connectivity index (χ2v) is 6.49. The van der Waals surface area contributed by atoms with Crippen LogP contribution in [-0.2, 0) is 12.8 Å². The number of aryl methyl sites for hydroxylation is 2. The van der Waals surface area contributed by atoms with Gasteiger partial charge in [0.2, 0.25) is 0 Å². The number of hydrogen-bond acceptors (Lipinski definition) is 6. The molecular formula is C15H12N6OS. The van der Waals surface area contributed by atoms with E-state index >= 15 is 0 Å². The summed E-state index contributed by atoms with van der Waals surface area (Å²) in [6.45, 7) is 1.80. The third-order valence-electron chi connectivity index (χ3n) is 3.87. The number of carbonyl (C=O) groups is 1. The maximum atomic E-state index is 12.6. The number of nitrogens with one attached hydrogen (secondary N) is 1. The molecule has 3 heterocycles. The molecule has 1 N–H and O–H groups in total. The summed E-state index contributed by atoms with van der Waals surface area (Å²) in [7, 11) is 0. The van der Waals surface area contributed by atoms with Crippen molar-refractivity contribution >= 4 is 28.0 Å². The fourth-order valence-corrected chi connectivity index (χ4v) is 4.10. The summed E-state index contributed by atoms with van der Waals surface area (Å²) < 4.78 is 1.40. The lowest BCUT2D eigenvalue weighted by molar-refractivity contribution is 0.102. The average molecular weight is 324 g/mol. The molecular weight excluding hydrogens is 312 g/mol. The van der Waals surface area contributed by atoms with Crippen LogP contribution in [0.4, 0.5) is 5.00 Å². The zero-order valence-corrected chi connectivity index (χ0v) is 13.1. The number of carbonyl (C=O) groups excluding carboxylic acids is 1. The van der Waals surface area contributed by atoms with E-state index in [2.05, 4.69) is 26.5 Å². The molecule has 8 heteroatoms. The largest absolute Gasteiger partial charge is 0.311 e. The van der Waals surface area contributed by atoms with Crippen LogP contribution in [0.5, 0.6) is 0 Å². The summed E-state index contributed by atoms with van der Waals surface area (Å²) in [5.41, 5.74) is 2.72. The molecule has 3 aromatic rings. The van der Waals surface area contributed by atoms with E-state index in [4.69, 9.17) is 0 Å². The molecule has 1 amide bonds. The highest BCUT2D eigenvalue weighted by Crippen LogP contribution is 2.38. The first-order chi connectivity index (χ1) is 11.2. The number of nitrogens with zero attached hydrogens (tertiary/aromatic N) is 5. The first-order valence-corrected chi connectivity index (χ1v) is 8.02. The van der Waals surface area contributed by atoms with Crippen molar-refractivity contribution in [3.8, 4) is 6.07 Å². The molecule has 0 saturated carbocycles. The van der Waals surface area contributed by atoms with E-state index in [1.807, 2.05) is 0 Å². The molecule has 0 radical (unpaired) electrons. The Hall–Kier alpha value is -2.79. The van der Waals surface area contributed by atoms with Gasteiger partial charge in [0.1, 0.15) is 23.1 Å². The summed E-state index contributed by atoms with van der Waals surface area (Å²) in [5.74, 6) is 0.0618. The summed E-state index contributed by atoms with van der Waals surface area (Å²) in [6.07, 6.45) is 4.32. The van der Waals surface area contributed by atoms with E-state index < -0.39 is 0 Å². The normalized spacial score (nSPS) is 13.0. The van der Waals surface area contributed by atoms with Gasteiger partial charge in [0.15, 0.2) is 0 Å². The smallest absolute Gasteiger partial charge is 0.275 e. The van der Waals surface area contributed by atoms with Gasteiger partial charge in [-0.1, -0.05) is 0 Å². The zero-order chi connectivity index (χ0) is 16.0. The van der Waals surface area contributed by atoms with Crippen molar-refractivity contribution in [2.75, 3.05) is 5.32 Å². The minimum absolute atomic E-state index is 0.317. The van der Waals surface area contributed by atoms with Gasteiger partial charge in [-0.25, -0.2) is 4.98 Å². The van der Waals surface area contributed by atoms with E-state index in [1.165, 1.54) is 27.1 Å². The summed E-state index contributed by atoms with van der Waals surface area (Å²) >= 11 is 1.49. The minimum atomic E-state index is -0.317. The van der Waals surface area contributed by atoms with Crippen molar-refractivity contribution in [3.63, 3.8) is 0 Å². The number of thiophene rings is 1. The number of aromatic nitrogens is 4. The van der Waals surface area contributed by atoms with Gasteiger partial charge in [0.05, 0.1) is 5.56 Å². The number of rotatable bonds is 2. The Kier molecular flexibility index (Phi) is 3.09. The fourth-order valence-electron chi connectivity index (χ4n) is 2.87. The molecule has 0 atom stereocenters. The third-order valence-corrected chi connectivity index (χ3v) is 5.08. The van der Waals surface area contributed by atoms with Crippen LogP contribution >= 0.6 is 11.3 Å². The Balaban J connectivity index is 1.73. The van der Waals surface area contributed by atoms with Gasteiger partial charge in [0, 0.05) is 10.6 Å². The van der Waals surface area contributed by atoms with Crippen LogP contribution in [-0.4, -0.2) is 25.5 Å². The third kappa shape index (κ3) is 2.17. The molecule has 0 aliphatic heterocycles. The summed E-state index contributed by atoms with van der Waals surface area (Å²) in [4.78, 5) is 22.1. The first-order valence-electron chi connectivity index (χ1n) is 7.20. The lowest BCUT2D eigenvalue weighted by Crippen LogP contribution is -2.17. The number of amides is 1. The SMILES string of the molecule is Cc1cc(C(=O)Nc2sc3c(c2C#N)CCC3)n2ncnc2n1. The molecule has 0 saturated heterocycles. The highest BCUT2D eigenvalue weighted by molar-refractivity contribution is 7.16. The predicted octanol–water partition coefficient (Wildman–Crippen LogP) is 2.11. The molecule has 7 nitrogen and oxygen atoms in total. The van der Waals surface area contributed by atoms with Crippen LogP contribution in [0, 0.1) is 18.3 Å². The topological polar surface area (TPSA) is 96.0 Å². The van der Waals surface area contributed by atoms with Gasteiger partial charge >= 0.3 is 0 Å². The van der Waals surface area contributed by atoms with Gasteiger partial charge in [-0.05, 0) is 37.8 Å². The van der Waals surface area contributed by atoms with Gasteiger partial charge in [-0.3, -0.25) is 4.79 Å². The molecule has 114 valence electrons. The van der Waals surface area contributed by atoms with Crippen molar-refractivity contribution in [1.82, 2.24) is 19.6 Å². The van der Waals surface area contributed by atoms with Crippen LogP contribution in [0.25, 0.3) is 5.78 Å². The lowest BCUT2D eigenvalue weighted by Gasteiger charge is -2.06.